The molecule has 3 rings (SSSR count). The highest BCUT2D eigenvalue weighted by atomic mass is 19.2. The Balaban J connectivity index is 2.00. The average molecular weight is 398 g/mol. The summed E-state index contributed by atoms with van der Waals surface area (Å²) in [5.74, 6) is -3.38. The van der Waals surface area contributed by atoms with Gasteiger partial charge in [0, 0.05) is 11.6 Å². The van der Waals surface area contributed by atoms with E-state index in [0.29, 0.717) is 12.2 Å². The molecule has 0 aromatic heterocycles. The first kappa shape index (κ1) is 20.8. The van der Waals surface area contributed by atoms with Crippen LogP contribution in [0.2, 0.25) is 0 Å². The standard InChI is InChI=1S/C24H24F2O3/c1-2-29-21(28)15-10-16-8-11-18(12-9-16)22(17-6-4-3-5-7-17)19-13-14-20(27)24(26)23(19)25/h8-15,27H,2-7H2,1H3/b15-10+. The van der Waals surface area contributed by atoms with Gasteiger partial charge in [-0.3, -0.25) is 0 Å². The van der Waals surface area contributed by atoms with Crippen LogP contribution in [0.25, 0.3) is 11.6 Å². The second kappa shape index (κ2) is 9.50. The number of aromatic hydroxyl groups is 1. The van der Waals surface area contributed by atoms with Gasteiger partial charge in [0.25, 0.3) is 0 Å². The Bertz CT molecular complexity index is 935. The van der Waals surface area contributed by atoms with Crippen molar-refractivity contribution in [2.45, 2.75) is 39.0 Å². The largest absolute Gasteiger partial charge is 0.505 e. The monoisotopic (exact) mass is 398 g/mol. The lowest BCUT2D eigenvalue weighted by Gasteiger charge is -2.21. The molecule has 0 heterocycles. The number of halogens is 2. The molecule has 152 valence electrons. The van der Waals surface area contributed by atoms with Crippen molar-refractivity contribution in [1.82, 2.24) is 0 Å². The fourth-order valence-electron chi connectivity index (χ4n) is 3.63. The molecule has 0 saturated heterocycles. The van der Waals surface area contributed by atoms with E-state index in [1.54, 1.807) is 13.0 Å². The lowest BCUT2D eigenvalue weighted by atomic mass is 9.84. The lowest BCUT2D eigenvalue weighted by molar-refractivity contribution is -0.137. The quantitative estimate of drug-likeness (QED) is 0.495. The highest BCUT2D eigenvalue weighted by Crippen LogP contribution is 2.37. The van der Waals surface area contributed by atoms with Crippen LogP contribution in [0.5, 0.6) is 5.75 Å². The number of allylic oxidation sites excluding steroid dienone is 1. The summed E-state index contributed by atoms with van der Waals surface area (Å²) in [5, 5.41) is 9.49. The van der Waals surface area contributed by atoms with E-state index in [4.69, 9.17) is 4.74 Å². The molecule has 1 N–H and O–H groups in total. The van der Waals surface area contributed by atoms with Crippen molar-refractivity contribution in [2.75, 3.05) is 6.61 Å². The molecule has 0 aliphatic heterocycles. The fraction of sp³-hybridized carbons (Fsp3) is 0.292. The summed E-state index contributed by atoms with van der Waals surface area (Å²) in [6.07, 6.45) is 7.83. The SMILES string of the molecule is CCOC(=O)/C=C/c1ccc(C(=C2CCCCC2)c2ccc(O)c(F)c2F)cc1. The number of carbonyl (C=O) groups is 1. The molecular formula is C24H24F2O3. The number of hydrogen-bond donors (Lipinski definition) is 1. The number of benzene rings is 2. The van der Waals surface area contributed by atoms with Crippen molar-refractivity contribution in [2.24, 2.45) is 0 Å². The Kier molecular flexibility index (Phi) is 6.81. The molecule has 29 heavy (non-hydrogen) atoms. The minimum absolute atomic E-state index is 0.159. The first-order chi connectivity index (χ1) is 14.0. The van der Waals surface area contributed by atoms with Crippen molar-refractivity contribution in [3.8, 4) is 5.75 Å². The molecule has 5 heteroatoms. The Morgan fingerprint density at radius 1 is 1.03 bits per heavy atom. The van der Waals surface area contributed by atoms with Gasteiger partial charge in [0.1, 0.15) is 0 Å². The lowest BCUT2D eigenvalue weighted by Crippen LogP contribution is -2.03. The zero-order valence-electron chi connectivity index (χ0n) is 16.4. The van der Waals surface area contributed by atoms with Crippen LogP contribution >= 0.6 is 0 Å². The van der Waals surface area contributed by atoms with Crippen molar-refractivity contribution in [1.29, 1.82) is 0 Å². The third kappa shape index (κ3) is 4.91. The van der Waals surface area contributed by atoms with Gasteiger partial charge in [-0.2, -0.15) is 4.39 Å². The number of esters is 1. The molecule has 2 aromatic rings. The number of rotatable bonds is 5. The van der Waals surface area contributed by atoms with Crippen LogP contribution in [0, 0.1) is 11.6 Å². The average Bonchev–Trinajstić information content (AvgIpc) is 2.74. The van der Waals surface area contributed by atoms with E-state index >= 15 is 0 Å². The van der Waals surface area contributed by atoms with Gasteiger partial charge < -0.3 is 9.84 Å². The van der Waals surface area contributed by atoms with Gasteiger partial charge in [-0.05, 0) is 67.5 Å². The third-order valence-electron chi connectivity index (χ3n) is 5.04. The maximum atomic E-state index is 14.7. The van der Waals surface area contributed by atoms with Crippen LogP contribution in [-0.4, -0.2) is 17.7 Å². The van der Waals surface area contributed by atoms with Gasteiger partial charge in [0.05, 0.1) is 6.61 Å². The third-order valence-corrected chi connectivity index (χ3v) is 5.04. The maximum absolute atomic E-state index is 14.7. The summed E-state index contributed by atoms with van der Waals surface area (Å²) in [6, 6.07) is 9.94. The normalized spacial score (nSPS) is 14.2. The van der Waals surface area contributed by atoms with Crippen LogP contribution in [0.1, 0.15) is 55.7 Å². The molecular weight excluding hydrogens is 374 g/mol. The van der Waals surface area contributed by atoms with Crippen LogP contribution in [-0.2, 0) is 9.53 Å². The number of ether oxygens (including phenoxy) is 1. The molecule has 3 nitrogen and oxygen atoms in total. The molecule has 0 bridgehead atoms. The number of hydrogen-bond acceptors (Lipinski definition) is 3. The highest BCUT2D eigenvalue weighted by Gasteiger charge is 2.21. The van der Waals surface area contributed by atoms with Crippen LogP contribution in [0.4, 0.5) is 8.78 Å². The summed E-state index contributed by atoms with van der Waals surface area (Å²) >= 11 is 0. The van der Waals surface area contributed by atoms with E-state index in [9.17, 15) is 18.7 Å². The van der Waals surface area contributed by atoms with E-state index in [-0.39, 0.29) is 5.56 Å². The summed E-state index contributed by atoms with van der Waals surface area (Å²) in [4.78, 5) is 11.5. The number of carbonyl (C=O) groups excluding carboxylic acids is 1. The molecule has 0 unspecified atom stereocenters. The van der Waals surface area contributed by atoms with Crippen LogP contribution < -0.4 is 0 Å². The van der Waals surface area contributed by atoms with Gasteiger partial charge in [0.2, 0.25) is 5.82 Å². The minimum atomic E-state index is -1.23. The van der Waals surface area contributed by atoms with Gasteiger partial charge in [-0.25, -0.2) is 9.18 Å². The minimum Gasteiger partial charge on any atom is -0.505 e. The van der Waals surface area contributed by atoms with Crippen LogP contribution in [0.15, 0.2) is 48.0 Å². The zero-order chi connectivity index (χ0) is 20.8. The van der Waals surface area contributed by atoms with E-state index in [1.165, 1.54) is 18.2 Å². The molecule has 2 aromatic carbocycles. The molecule has 1 aliphatic carbocycles. The van der Waals surface area contributed by atoms with Crippen molar-refractivity contribution >= 4 is 17.6 Å². The highest BCUT2D eigenvalue weighted by molar-refractivity contribution is 5.87. The molecule has 0 amide bonds. The molecule has 1 saturated carbocycles. The van der Waals surface area contributed by atoms with Crippen molar-refractivity contribution in [3.05, 3.63) is 76.4 Å². The topological polar surface area (TPSA) is 46.5 Å². The van der Waals surface area contributed by atoms with Gasteiger partial charge in [0.15, 0.2) is 11.6 Å². The first-order valence-electron chi connectivity index (χ1n) is 9.86. The Morgan fingerprint density at radius 2 is 1.72 bits per heavy atom. The zero-order valence-corrected chi connectivity index (χ0v) is 16.4. The fourth-order valence-corrected chi connectivity index (χ4v) is 3.63. The molecule has 1 aliphatic rings. The van der Waals surface area contributed by atoms with E-state index < -0.39 is 23.4 Å². The summed E-state index contributed by atoms with van der Waals surface area (Å²) < 4.78 is 33.6. The van der Waals surface area contributed by atoms with Gasteiger partial charge >= 0.3 is 5.97 Å². The predicted molar refractivity (Wildman–Crippen MR) is 109 cm³/mol. The second-order valence-electron chi connectivity index (χ2n) is 7.01. The molecule has 0 atom stereocenters. The van der Waals surface area contributed by atoms with Gasteiger partial charge in [-0.15, -0.1) is 0 Å². The van der Waals surface area contributed by atoms with Crippen molar-refractivity contribution < 1.29 is 23.4 Å². The Morgan fingerprint density at radius 3 is 2.38 bits per heavy atom. The predicted octanol–water partition coefficient (Wildman–Crippen LogP) is 6.01. The van der Waals surface area contributed by atoms with E-state index in [1.807, 2.05) is 24.3 Å². The van der Waals surface area contributed by atoms with Crippen molar-refractivity contribution in [3.63, 3.8) is 0 Å². The summed E-state index contributed by atoms with van der Waals surface area (Å²) in [6.45, 7) is 2.06. The Labute approximate surface area is 169 Å². The molecule has 0 radical (unpaired) electrons. The first-order valence-corrected chi connectivity index (χ1v) is 9.86. The Hall–Kier alpha value is -2.95. The van der Waals surface area contributed by atoms with Crippen LogP contribution in [0.3, 0.4) is 0 Å². The second-order valence-corrected chi connectivity index (χ2v) is 7.01. The number of phenolic OH excluding ortho intramolecular Hbond substituents is 1. The van der Waals surface area contributed by atoms with E-state index in [0.717, 1.165) is 48.8 Å². The van der Waals surface area contributed by atoms with Gasteiger partial charge in [-0.1, -0.05) is 36.3 Å². The summed E-state index contributed by atoms with van der Waals surface area (Å²) in [7, 11) is 0. The molecule has 0 spiro atoms. The molecule has 1 fully saturated rings. The van der Waals surface area contributed by atoms with E-state index in [2.05, 4.69) is 0 Å². The smallest absolute Gasteiger partial charge is 0.330 e. The maximum Gasteiger partial charge on any atom is 0.330 e. The summed E-state index contributed by atoms with van der Waals surface area (Å²) in [5.41, 5.74) is 3.51. The number of phenols is 1.